The van der Waals surface area contributed by atoms with Crippen molar-refractivity contribution in [2.24, 2.45) is 4.99 Å². The summed E-state index contributed by atoms with van der Waals surface area (Å²) in [5, 5.41) is 6.93. The van der Waals surface area contributed by atoms with Crippen molar-refractivity contribution in [3.63, 3.8) is 0 Å². The fourth-order valence-electron chi connectivity index (χ4n) is 3.52. The molecule has 0 amide bonds. The molecule has 5 heteroatoms. The zero-order chi connectivity index (χ0) is 19.8. The van der Waals surface area contributed by atoms with E-state index in [0.29, 0.717) is 0 Å². The molecule has 28 heavy (non-hydrogen) atoms. The zero-order valence-electron chi connectivity index (χ0n) is 17.1. The van der Waals surface area contributed by atoms with E-state index in [-0.39, 0.29) is 5.41 Å². The lowest BCUT2D eigenvalue weighted by Gasteiger charge is -2.19. The molecule has 2 N–H and O–H groups in total. The van der Waals surface area contributed by atoms with E-state index in [9.17, 15) is 0 Å². The van der Waals surface area contributed by atoms with Gasteiger partial charge in [-0.2, -0.15) is 0 Å². The van der Waals surface area contributed by atoms with Crippen molar-refractivity contribution < 1.29 is 9.47 Å². The highest BCUT2D eigenvalue weighted by Crippen LogP contribution is 2.47. The smallest absolute Gasteiger partial charge is 0.191 e. The van der Waals surface area contributed by atoms with Gasteiger partial charge in [0.1, 0.15) is 0 Å². The maximum Gasteiger partial charge on any atom is 0.191 e. The molecule has 5 nitrogen and oxygen atoms in total. The summed E-state index contributed by atoms with van der Waals surface area (Å²) in [6.45, 7) is 1.79. The van der Waals surface area contributed by atoms with E-state index in [4.69, 9.17) is 9.47 Å². The number of hydrogen-bond donors (Lipinski definition) is 2. The number of rotatable bonds is 9. The van der Waals surface area contributed by atoms with Crippen molar-refractivity contribution in [2.45, 2.75) is 31.1 Å². The van der Waals surface area contributed by atoms with Gasteiger partial charge in [-0.15, -0.1) is 0 Å². The number of ether oxygens (including phenoxy) is 2. The highest BCUT2D eigenvalue weighted by Gasteiger charge is 2.43. The molecule has 0 saturated heterocycles. The van der Waals surface area contributed by atoms with Crippen LogP contribution < -0.4 is 20.1 Å². The summed E-state index contributed by atoms with van der Waals surface area (Å²) in [5.74, 6) is 2.41. The minimum absolute atomic E-state index is 0.276. The van der Waals surface area contributed by atoms with Gasteiger partial charge in [-0.25, -0.2) is 0 Å². The van der Waals surface area contributed by atoms with E-state index in [1.54, 1.807) is 14.2 Å². The third kappa shape index (κ3) is 4.97. The first kappa shape index (κ1) is 20.1. The first-order valence-corrected chi connectivity index (χ1v) is 9.92. The number of guanidine groups is 1. The summed E-state index contributed by atoms with van der Waals surface area (Å²) in [4.78, 5) is 4.37. The van der Waals surface area contributed by atoms with Crippen LogP contribution in [0.25, 0.3) is 0 Å². The van der Waals surface area contributed by atoms with Gasteiger partial charge in [0, 0.05) is 25.6 Å². The molecule has 0 radical (unpaired) electrons. The summed E-state index contributed by atoms with van der Waals surface area (Å²) in [7, 11) is 5.15. The fourth-order valence-corrected chi connectivity index (χ4v) is 3.52. The van der Waals surface area contributed by atoms with Crippen molar-refractivity contribution in [1.82, 2.24) is 10.6 Å². The van der Waals surface area contributed by atoms with Crippen LogP contribution in [-0.4, -0.2) is 40.3 Å². The van der Waals surface area contributed by atoms with Crippen LogP contribution >= 0.6 is 0 Å². The maximum atomic E-state index is 5.38. The second-order valence-corrected chi connectivity index (χ2v) is 7.29. The van der Waals surface area contributed by atoms with Crippen LogP contribution in [-0.2, 0) is 11.8 Å². The Morgan fingerprint density at radius 1 is 1.00 bits per heavy atom. The Morgan fingerprint density at radius 3 is 2.39 bits per heavy atom. The summed E-state index contributed by atoms with van der Waals surface area (Å²) in [5.41, 5.74) is 2.94. The van der Waals surface area contributed by atoms with Gasteiger partial charge in [-0.3, -0.25) is 4.99 Å². The highest BCUT2D eigenvalue weighted by molar-refractivity contribution is 5.79. The quantitative estimate of drug-likeness (QED) is 0.396. The molecule has 1 aliphatic carbocycles. The molecule has 0 spiro atoms. The summed E-state index contributed by atoms with van der Waals surface area (Å²) in [6.07, 6.45) is 4.46. The molecular weight excluding hydrogens is 350 g/mol. The second kappa shape index (κ2) is 9.49. The fraction of sp³-hybridized carbons (Fsp3) is 0.435. The van der Waals surface area contributed by atoms with E-state index < -0.39 is 0 Å². The van der Waals surface area contributed by atoms with Gasteiger partial charge in [-0.1, -0.05) is 36.4 Å². The summed E-state index contributed by atoms with van der Waals surface area (Å²) in [6, 6.07) is 16.9. The van der Waals surface area contributed by atoms with E-state index in [1.807, 2.05) is 19.2 Å². The van der Waals surface area contributed by atoms with Gasteiger partial charge >= 0.3 is 0 Å². The largest absolute Gasteiger partial charge is 0.493 e. The molecule has 1 fully saturated rings. The Hall–Kier alpha value is -2.69. The molecule has 0 heterocycles. The molecule has 0 aliphatic heterocycles. The first-order valence-electron chi connectivity index (χ1n) is 9.92. The number of hydrogen-bond acceptors (Lipinski definition) is 3. The maximum absolute atomic E-state index is 5.38. The summed E-state index contributed by atoms with van der Waals surface area (Å²) < 4.78 is 10.7. The molecule has 3 rings (SSSR count). The van der Waals surface area contributed by atoms with E-state index >= 15 is 0 Å². The minimum Gasteiger partial charge on any atom is -0.493 e. The molecule has 0 bridgehead atoms. The third-order valence-corrected chi connectivity index (χ3v) is 5.44. The van der Waals surface area contributed by atoms with Crippen molar-refractivity contribution in [3.05, 3.63) is 59.7 Å². The van der Waals surface area contributed by atoms with Gasteiger partial charge in [0.2, 0.25) is 0 Å². The van der Waals surface area contributed by atoms with Crippen molar-refractivity contribution in [2.75, 3.05) is 34.4 Å². The lowest BCUT2D eigenvalue weighted by molar-refractivity contribution is 0.354. The topological polar surface area (TPSA) is 54.9 Å². The second-order valence-electron chi connectivity index (χ2n) is 7.29. The molecule has 0 unspecified atom stereocenters. The molecule has 0 atom stereocenters. The van der Waals surface area contributed by atoms with Gasteiger partial charge in [0.15, 0.2) is 17.5 Å². The lowest BCUT2D eigenvalue weighted by Crippen LogP contribution is -2.41. The molecule has 2 aromatic rings. The monoisotopic (exact) mass is 381 g/mol. The molecular formula is C23H31N3O2. The first-order chi connectivity index (χ1) is 13.7. The number of nitrogens with zero attached hydrogens (tertiary/aromatic N) is 1. The van der Waals surface area contributed by atoms with Crippen LogP contribution in [0.2, 0.25) is 0 Å². The third-order valence-electron chi connectivity index (χ3n) is 5.44. The van der Waals surface area contributed by atoms with Gasteiger partial charge in [0.05, 0.1) is 14.2 Å². The average molecular weight is 382 g/mol. The zero-order valence-corrected chi connectivity index (χ0v) is 17.1. The number of methoxy groups -OCH3 is 2. The van der Waals surface area contributed by atoms with Crippen LogP contribution in [0, 0.1) is 0 Å². The lowest BCUT2D eigenvalue weighted by atomic mass is 9.96. The van der Waals surface area contributed by atoms with Crippen molar-refractivity contribution in [1.29, 1.82) is 0 Å². The standard InChI is InChI=1S/C23H31N3O2/c1-24-22(26-17-23(13-14-23)19-9-5-4-6-10-19)25-15-7-8-18-11-12-20(27-2)21(16-18)28-3/h4-6,9-12,16H,7-8,13-15,17H2,1-3H3,(H2,24,25,26). The van der Waals surface area contributed by atoms with Gasteiger partial charge in [0.25, 0.3) is 0 Å². The Labute approximate surface area is 168 Å². The van der Waals surface area contributed by atoms with Crippen LogP contribution in [0.1, 0.15) is 30.4 Å². The van der Waals surface area contributed by atoms with E-state index in [1.165, 1.54) is 24.0 Å². The van der Waals surface area contributed by atoms with Crippen molar-refractivity contribution in [3.8, 4) is 11.5 Å². The molecule has 0 aromatic heterocycles. The van der Waals surface area contributed by atoms with Crippen LogP contribution in [0.4, 0.5) is 0 Å². The molecule has 1 aliphatic rings. The minimum atomic E-state index is 0.276. The molecule has 2 aromatic carbocycles. The average Bonchev–Trinajstić information content (AvgIpc) is 3.55. The predicted octanol–water partition coefficient (Wildman–Crippen LogP) is 3.53. The SMILES string of the molecule is CN=C(NCCCc1ccc(OC)c(OC)c1)NCC1(c2ccccc2)CC1. The summed E-state index contributed by atoms with van der Waals surface area (Å²) >= 11 is 0. The van der Waals surface area contributed by atoms with Crippen LogP contribution in [0.3, 0.4) is 0 Å². The predicted molar refractivity (Wildman–Crippen MR) is 115 cm³/mol. The van der Waals surface area contributed by atoms with Gasteiger partial charge in [-0.05, 0) is 48.9 Å². The Kier molecular flexibility index (Phi) is 6.80. The number of aryl methyl sites for hydroxylation is 1. The molecule has 150 valence electrons. The van der Waals surface area contributed by atoms with Crippen molar-refractivity contribution >= 4 is 5.96 Å². The van der Waals surface area contributed by atoms with Gasteiger partial charge < -0.3 is 20.1 Å². The Morgan fingerprint density at radius 2 is 1.75 bits per heavy atom. The highest BCUT2D eigenvalue weighted by atomic mass is 16.5. The normalized spacial score (nSPS) is 15.0. The van der Waals surface area contributed by atoms with E-state index in [0.717, 1.165) is 43.4 Å². The van der Waals surface area contributed by atoms with Crippen LogP contribution in [0.15, 0.2) is 53.5 Å². The number of nitrogens with one attached hydrogen (secondary N) is 2. The van der Waals surface area contributed by atoms with E-state index in [2.05, 4.69) is 52.0 Å². The molecule has 1 saturated carbocycles. The Balaban J connectivity index is 1.43. The number of aliphatic imine (C=N–C) groups is 1. The van der Waals surface area contributed by atoms with Crippen LogP contribution in [0.5, 0.6) is 11.5 Å². The number of benzene rings is 2. The Bertz CT molecular complexity index is 786.